The van der Waals surface area contributed by atoms with E-state index in [-0.39, 0.29) is 6.54 Å². The van der Waals surface area contributed by atoms with Crippen molar-refractivity contribution in [2.24, 2.45) is 0 Å². The van der Waals surface area contributed by atoms with Crippen LogP contribution in [0.4, 0.5) is 0 Å². The molecule has 0 saturated heterocycles. The Hall–Kier alpha value is -0.240. The van der Waals surface area contributed by atoms with E-state index in [1.807, 2.05) is 13.0 Å². The molecule has 0 amide bonds. The molecule has 1 nitrogen and oxygen atoms in total. The van der Waals surface area contributed by atoms with Gasteiger partial charge in [-0.3, -0.25) is 5.73 Å². The third-order valence-corrected chi connectivity index (χ3v) is 2.12. The lowest BCUT2D eigenvalue weighted by molar-refractivity contribution is 1.01. The van der Waals surface area contributed by atoms with Crippen LogP contribution in [-0.4, -0.2) is 0 Å². The van der Waals surface area contributed by atoms with E-state index in [1.54, 1.807) is 6.07 Å². The summed E-state index contributed by atoms with van der Waals surface area (Å²) in [5.41, 5.74) is 9.01. The molecule has 0 atom stereocenters. The average molecular weight is 189 g/mol. The highest BCUT2D eigenvalue weighted by molar-refractivity contribution is 6.35. The summed E-state index contributed by atoms with van der Waals surface area (Å²) >= 11 is 11.6. The van der Waals surface area contributed by atoms with E-state index >= 15 is 0 Å². The van der Waals surface area contributed by atoms with Crippen molar-refractivity contribution in [1.82, 2.24) is 5.73 Å². The Morgan fingerprint density at radius 2 is 2.00 bits per heavy atom. The fourth-order valence-electron chi connectivity index (χ4n) is 0.956. The molecule has 0 aliphatic carbocycles. The summed E-state index contributed by atoms with van der Waals surface area (Å²) in [6.45, 7) is 2.11. The lowest BCUT2D eigenvalue weighted by Gasteiger charge is -2.04. The van der Waals surface area contributed by atoms with Crippen molar-refractivity contribution in [3.8, 4) is 0 Å². The zero-order valence-corrected chi connectivity index (χ0v) is 7.63. The highest BCUT2D eigenvalue weighted by atomic mass is 35.5. The van der Waals surface area contributed by atoms with E-state index in [9.17, 15) is 0 Å². The van der Waals surface area contributed by atoms with E-state index in [0.717, 1.165) is 11.1 Å². The molecule has 0 aliphatic rings. The first kappa shape index (κ1) is 8.85. The Labute approximate surface area is 76.1 Å². The predicted octanol–water partition coefficient (Wildman–Crippen LogP) is 3.08. The van der Waals surface area contributed by atoms with Crippen LogP contribution in [0, 0.1) is 6.92 Å². The minimum Gasteiger partial charge on any atom is -0.253 e. The van der Waals surface area contributed by atoms with Crippen molar-refractivity contribution in [1.29, 1.82) is 0 Å². The largest absolute Gasteiger partial charge is 0.253 e. The van der Waals surface area contributed by atoms with E-state index < -0.39 is 0 Å². The second-order valence-electron chi connectivity index (χ2n) is 2.36. The molecule has 11 heavy (non-hydrogen) atoms. The summed E-state index contributed by atoms with van der Waals surface area (Å²) in [5, 5.41) is 1.22. The molecule has 1 aromatic rings. The minimum atomic E-state index is 0.210. The lowest BCUT2D eigenvalue weighted by Crippen LogP contribution is -1.91. The van der Waals surface area contributed by atoms with Gasteiger partial charge in [0.1, 0.15) is 0 Å². The third kappa shape index (κ3) is 1.86. The van der Waals surface area contributed by atoms with Crippen LogP contribution in [0.2, 0.25) is 10.0 Å². The van der Waals surface area contributed by atoms with Crippen molar-refractivity contribution in [3.63, 3.8) is 0 Å². The maximum Gasteiger partial charge on any atom is 0.0468 e. The molecule has 1 aromatic carbocycles. The van der Waals surface area contributed by atoms with Crippen LogP contribution in [0.1, 0.15) is 11.1 Å². The van der Waals surface area contributed by atoms with Crippen molar-refractivity contribution in [2.45, 2.75) is 13.5 Å². The average Bonchev–Trinajstić information content (AvgIpc) is 1.85. The zero-order valence-electron chi connectivity index (χ0n) is 6.12. The quantitative estimate of drug-likeness (QED) is 0.648. The normalized spacial score (nSPS) is 10.2. The molecule has 0 heterocycles. The minimum absolute atomic E-state index is 0.210. The number of benzene rings is 1. The summed E-state index contributed by atoms with van der Waals surface area (Å²) in [5.74, 6) is 0. The molecular formula is C8H8Cl2N. The molecular weight excluding hydrogens is 181 g/mol. The van der Waals surface area contributed by atoms with E-state index in [1.165, 1.54) is 0 Å². The summed E-state index contributed by atoms with van der Waals surface area (Å²) in [4.78, 5) is 0. The summed E-state index contributed by atoms with van der Waals surface area (Å²) in [7, 11) is 0. The molecule has 3 heteroatoms. The molecule has 0 aliphatic heterocycles. The highest BCUT2D eigenvalue weighted by Gasteiger charge is 2.03. The molecule has 0 fully saturated rings. The van der Waals surface area contributed by atoms with Gasteiger partial charge in [-0.05, 0) is 30.2 Å². The first-order valence-corrected chi connectivity index (χ1v) is 4.00. The molecule has 0 saturated carbocycles. The van der Waals surface area contributed by atoms with Gasteiger partial charge in [0.2, 0.25) is 0 Å². The van der Waals surface area contributed by atoms with Crippen LogP contribution < -0.4 is 5.73 Å². The second kappa shape index (κ2) is 3.44. The van der Waals surface area contributed by atoms with Crippen molar-refractivity contribution in [2.75, 3.05) is 0 Å². The number of nitrogens with one attached hydrogen (secondary N) is 1. The second-order valence-corrected chi connectivity index (χ2v) is 3.20. The van der Waals surface area contributed by atoms with Crippen LogP contribution in [0.5, 0.6) is 0 Å². The maximum atomic E-state index is 7.17. The van der Waals surface area contributed by atoms with Gasteiger partial charge in [-0.25, -0.2) is 0 Å². The Balaban J connectivity index is 3.25. The highest BCUT2D eigenvalue weighted by Crippen LogP contribution is 2.24. The molecule has 1 N–H and O–H groups in total. The molecule has 0 unspecified atom stereocenters. The van der Waals surface area contributed by atoms with Crippen molar-refractivity contribution in [3.05, 3.63) is 33.3 Å². The molecule has 59 valence electrons. The monoisotopic (exact) mass is 188 g/mol. The van der Waals surface area contributed by atoms with Crippen LogP contribution in [-0.2, 0) is 6.54 Å². The standard InChI is InChI=1S/C8H8Cl2N/c1-5-2-6(9)3-8(10)7(5)4-11/h2-3,11H,4H2,1H3. The van der Waals surface area contributed by atoms with Gasteiger partial charge in [-0.1, -0.05) is 23.2 Å². The SMILES string of the molecule is Cc1cc(Cl)cc(Cl)c1C[NH]. The summed E-state index contributed by atoms with van der Waals surface area (Å²) in [6, 6.07) is 3.48. The van der Waals surface area contributed by atoms with Gasteiger partial charge in [-0.15, -0.1) is 0 Å². The van der Waals surface area contributed by atoms with Gasteiger partial charge in [0, 0.05) is 16.6 Å². The first-order chi connectivity index (χ1) is 5.15. The van der Waals surface area contributed by atoms with Gasteiger partial charge >= 0.3 is 0 Å². The van der Waals surface area contributed by atoms with Crippen LogP contribution >= 0.6 is 23.2 Å². The zero-order chi connectivity index (χ0) is 8.43. The summed E-state index contributed by atoms with van der Waals surface area (Å²) in [6.07, 6.45) is 0. The van der Waals surface area contributed by atoms with E-state index in [4.69, 9.17) is 28.9 Å². The summed E-state index contributed by atoms with van der Waals surface area (Å²) < 4.78 is 0. The van der Waals surface area contributed by atoms with Gasteiger partial charge < -0.3 is 0 Å². The maximum absolute atomic E-state index is 7.17. The van der Waals surface area contributed by atoms with Gasteiger partial charge in [0.05, 0.1) is 0 Å². The fraction of sp³-hybridized carbons (Fsp3) is 0.250. The van der Waals surface area contributed by atoms with Crippen LogP contribution in [0.3, 0.4) is 0 Å². The topological polar surface area (TPSA) is 23.8 Å². The number of hydrogen-bond donors (Lipinski definition) is 0. The number of hydrogen-bond acceptors (Lipinski definition) is 0. The Kier molecular flexibility index (Phi) is 2.77. The Morgan fingerprint density at radius 1 is 1.36 bits per heavy atom. The number of aryl methyl sites for hydroxylation is 1. The third-order valence-electron chi connectivity index (χ3n) is 1.56. The van der Waals surface area contributed by atoms with Gasteiger partial charge in [-0.2, -0.15) is 0 Å². The van der Waals surface area contributed by atoms with Gasteiger partial charge in [0.25, 0.3) is 0 Å². The Bertz CT molecular complexity index is 248. The number of rotatable bonds is 1. The van der Waals surface area contributed by atoms with Crippen LogP contribution in [0.25, 0.3) is 0 Å². The molecule has 0 aromatic heterocycles. The van der Waals surface area contributed by atoms with E-state index in [2.05, 4.69) is 0 Å². The molecule has 0 spiro atoms. The molecule has 0 bridgehead atoms. The smallest absolute Gasteiger partial charge is 0.0468 e. The predicted molar refractivity (Wildman–Crippen MR) is 48.0 cm³/mol. The van der Waals surface area contributed by atoms with Crippen LogP contribution in [0.15, 0.2) is 12.1 Å². The number of halogens is 2. The molecule has 1 radical (unpaired) electrons. The first-order valence-electron chi connectivity index (χ1n) is 3.24. The van der Waals surface area contributed by atoms with Gasteiger partial charge in [0.15, 0.2) is 0 Å². The van der Waals surface area contributed by atoms with Crippen molar-refractivity contribution >= 4 is 23.2 Å². The van der Waals surface area contributed by atoms with Crippen molar-refractivity contribution < 1.29 is 0 Å². The van der Waals surface area contributed by atoms with E-state index in [0.29, 0.717) is 10.0 Å². The fourth-order valence-corrected chi connectivity index (χ4v) is 1.62. The lowest BCUT2D eigenvalue weighted by atomic mass is 10.1. The molecule has 1 rings (SSSR count). The Morgan fingerprint density at radius 3 is 2.45 bits per heavy atom.